The Morgan fingerprint density at radius 3 is 2.67 bits per heavy atom. The first kappa shape index (κ1) is 10.1. The van der Waals surface area contributed by atoms with E-state index in [1.165, 1.54) is 0 Å². The number of rotatable bonds is 2. The molecule has 2 rings (SSSR count). The Morgan fingerprint density at radius 2 is 1.93 bits per heavy atom. The molecule has 0 saturated heterocycles. The first-order valence-electron chi connectivity index (χ1n) is 4.39. The standard InChI is InChI=1S/C10H10N2O2S/c11-15(13,14)7-8-5-6-12-10-4-2-1-3-9(8)10/h1-6H,7H2,(H2,11,13,14). The molecule has 4 nitrogen and oxygen atoms in total. The van der Waals surface area contributed by atoms with Gasteiger partial charge in [0, 0.05) is 11.6 Å². The second kappa shape index (κ2) is 3.60. The van der Waals surface area contributed by atoms with Gasteiger partial charge in [0.2, 0.25) is 10.0 Å². The third kappa shape index (κ3) is 2.31. The third-order valence-electron chi connectivity index (χ3n) is 2.10. The number of sulfonamides is 1. The molecule has 1 heterocycles. The molecule has 1 aromatic carbocycles. The molecule has 0 amide bonds. The lowest BCUT2D eigenvalue weighted by atomic mass is 10.1. The van der Waals surface area contributed by atoms with Crippen LogP contribution in [0.3, 0.4) is 0 Å². The van der Waals surface area contributed by atoms with Crippen molar-refractivity contribution >= 4 is 20.9 Å². The van der Waals surface area contributed by atoms with Crippen LogP contribution in [-0.2, 0) is 15.8 Å². The highest BCUT2D eigenvalue weighted by atomic mass is 32.2. The monoisotopic (exact) mass is 222 g/mol. The summed E-state index contributed by atoms with van der Waals surface area (Å²) in [6.45, 7) is 0. The van der Waals surface area contributed by atoms with Gasteiger partial charge in [-0.15, -0.1) is 0 Å². The maximum Gasteiger partial charge on any atom is 0.213 e. The van der Waals surface area contributed by atoms with Crippen LogP contribution >= 0.6 is 0 Å². The molecule has 78 valence electrons. The highest BCUT2D eigenvalue weighted by Gasteiger charge is 2.08. The van der Waals surface area contributed by atoms with Gasteiger partial charge in [0.25, 0.3) is 0 Å². The smallest absolute Gasteiger partial charge is 0.213 e. The zero-order chi connectivity index (χ0) is 10.9. The zero-order valence-electron chi connectivity index (χ0n) is 7.92. The fraction of sp³-hybridized carbons (Fsp3) is 0.100. The van der Waals surface area contributed by atoms with Gasteiger partial charge in [-0.3, -0.25) is 4.98 Å². The number of nitrogens with zero attached hydrogens (tertiary/aromatic N) is 1. The molecule has 0 aliphatic carbocycles. The van der Waals surface area contributed by atoms with Crippen LogP contribution in [0.4, 0.5) is 0 Å². The summed E-state index contributed by atoms with van der Waals surface area (Å²) in [5, 5.41) is 5.84. The maximum absolute atomic E-state index is 11.0. The summed E-state index contributed by atoms with van der Waals surface area (Å²) in [5.74, 6) is -0.157. The molecule has 0 aliphatic heterocycles. The number of aromatic nitrogens is 1. The summed E-state index contributed by atoms with van der Waals surface area (Å²) in [4.78, 5) is 4.14. The van der Waals surface area contributed by atoms with E-state index >= 15 is 0 Å². The molecule has 2 N–H and O–H groups in total. The van der Waals surface area contributed by atoms with Crippen LogP contribution in [0.25, 0.3) is 10.9 Å². The molecule has 15 heavy (non-hydrogen) atoms. The van der Waals surface area contributed by atoms with Gasteiger partial charge in [-0.2, -0.15) is 0 Å². The second-order valence-corrected chi connectivity index (χ2v) is 4.91. The highest BCUT2D eigenvalue weighted by Crippen LogP contribution is 2.17. The van der Waals surface area contributed by atoms with E-state index in [0.717, 1.165) is 10.9 Å². The van der Waals surface area contributed by atoms with E-state index in [1.54, 1.807) is 12.3 Å². The summed E-state index contributed by atoms with van der Waals surface area (Å²) in [7, 11) is -3.50. The molecule has 2 aromatic rings. The molecule has 1 aromatic heterocycles. The summed E-state index contributed by atoms with van der Waals surface area (Å²) in [6, 6.07) is 9.05. The minimum absolute atomic E-state index is 0.157. The average molecular weight is 222 g/mol. The van der Waals surface area contributed by atoms with Crippen molar-refractivity contribution in [2.75, 3.05) is 0 Å². The summed E-state index contributed by atoms with van der Waals surface area (Å²) in [5.41, 5.74) is 1.46. The lowest BCUT2D eigenvalue weighted by Crippen LogP contribution is -2.14. The number of primary sulfonamides is 1. The van der Waals surface area contributed by atoms with Gasteiger partial charge in [0.1, 0.15) is 0 Å². The molecular weight excluding hydrogens is 212 g/mol. The molecular formula is C10H10N2O2S. The van der Waals surface area contributed by atoms with Gasteiger partial charge in [0.05, 0.1) is 11.3 Å². The van der Waals surface area contributed by atoms with Gasteiger partial charge >= 0.3 is 0 Å². The lowest BCUT2D eigenvalue weighted by Gasteiger charge is -2.03. The molecule has 0 radical (unpaired) electrons. The first-order valence-corrected chi connectivity index (χ1v) is 6.11. The highest BCUT2D eigenvalue weighted by molar-refractivity contribution is 7.88. The topological polar surface area (TPSA) is 73.1 Å². The van der Waals surface area contributed by atoms with Crippen molar-refractivity contribution < 1.29 is 8.42 Å². The van der Waals surface area contributed by atoms with E-state index in [0.29, 0.717) is 5.56 Å². The number of hydrogen-bond acceptors (Lipinski definition) is 3. The van der Waals surface area contributed by atoms with Crippen molar-refractivity contribution in [3.8, 4) is 0 Å². The average Bonchev–Trinajstić information content (AvgIpc) is 2.16. The Labute approximate surface area is 87.8 Å². The number of pyridine rings is 1. The first-order chi connectivity index (χ1) is 7.06. The van der Waals surface area contributed by atoms with Crippen molar-refractivity contribution in [1.82, 2.24) is 4.98 Å². The minimum atomic E-state index is -3.50. The maximum atomic E-state index is 11.0. The van der Waals surface area contributed by atoms with Gasteiger partial charge in [-0.25, -0.2) is 13.6 Å². The molecule has 0 saturated carbocycles. The van der Waals surface area contributed by atoms with Crippen LogP contribution in [-0.4, -0.2) is 13.4 Å². The normalized spacial score (nSPS) is 11.8. The molecule has 0 fully saturated rings. The van der Waals surface area contributed by atoms with Gasteiger partial charge in [-0.1, -0.05) is 18.2 Å². The van der Waals surface area contributed by atoms with Crippen molar-refractivity contribution in [3.05, 3.63) is 42.1 Å². The number of para-hydroxylation sites is 1. The summed E-state index contributed by atoms with van der Waals surface area (Å²) < 4.78 is 22.0. The quantitative estimate of drug-likeness (QED) is 0.824. The van der Waals surface area contributed by atoms with E-state index < -0.39 is 10.0 Å². The van der Waals surface area contributed by atoms with Gasteiger partial charge in [0.15, 0.2) is 0 Å². The van der Waals surface area contributed by atoms with Crippen LogP contribution in [0.5, 0.6) is 0 Å². The van der Waals surface area contributed by atoms with E-state index in [-0.39, 0.29) is 5.75 Å². The predicted molar refractivity (Wildman–Crippen MR) is 58.6 cm³/mol. The van der Waals surface area contributed by atoms with Gasteiger partial charge < -0.3 is 0 Å². The van der Waals surface area contributed by atoms with E-state index in [2.05, 4.69) is 4.98 Å². The Bertz CT molecular complexity index is 588. The van der Waals surface area contributed by atoms with Crippen LogP contribution in [0.2, 0.25) is 0 Å². The van der Waals surface area contributed by atoms with Crippen LogP contribution in [0.15, 0.2) is 36.5 Å². The van der Waals surface area contributed by atoms with Crippen molar-refractivity contribution in [2.45, 2.75) is 5.75 Å². The van der Waals surface area contributed by atoms with Crippen molar-refractivity contribution in [1.29, 1.82) is 0 Å². The molecule has 5 heteroatoms. The van der Waals surface area contributed by atoms with Crippen LogP contribution in [0.1, 0.15) is 5.56 Å². The van der Waals surface area contributed by atoms with Crippen LogP contribution in [0, 0.1) is 0 Å². The van der Waals surface area contributed by atoms with Gasteiger partial charge in [-0.05, 0) is 17.7 Å². The second-order valence-electron chi connectivity index (χ2n) is 3.29. The SMILES string of the molecule is NS(=O)(=O)Cc1ccnc2ccccc12. The summed E-state index contributed by atoms with van der Waals surface area (Å²) in [6.07, 6.45) is 1.59. The van der Waals surface area contributed by atoms with E-state index in [9.17, 15) is 8.42 Å². The Kier molecular flexibility index (Phi) is 2.42. The minimum Gasteiger partial charge on any atom is -0.256 e. The lowest BCUT2D eigenvalue weighted by molar-refractivity contribution is 0.597. The molecule has 0 atom stereocenters. The molecule has 0 unspecified atom stereocenters. The number of nitrogens with two attached hydrogens (primary N) is 1. The largest absolute Gasteiger partial charge is 0.256 e. The number of fused-ring (bicyclic) bond motifs is 1. The molecule has 0 aliphatic rings. The summed E-state index contributed by atoms with van der Waals surface area (Å²) >= 11 is 0. The predicted octanol–water partition coefficient (Wildman–Crippen LogP) is 1.02. The fourth-order valence-electron chi connectivity index (χ4n) is 1.50. The third-order valence-corrected chi connectivity index (χ3v) is 2.81. The van der Waals surface area contributed by atoms with E-state index in [4.69, 9.17) is 5.14 Å². The van der Waals surface area contributed by atoms with Crippen molar-refractivity contribution in [2.24, 2.45) is 5.14 Å². The van der Waals surface area contributed by atoms with E-state index in [1.807, 2.05) is 24.3 Å². The Morgan fingerprint density at radius 1 is 1.20 bits per heavy atom. The number of hydrogen-bond donors (Lipinski definition) is 1. The Hall–Kier alpha value is -1.46. The zero-order valence-corrected chi connectivity index (χ0v) is 8.74. The fourth-order valence-corrected chi connectivity index (χ4v) is 2.18. The molecule has 0 bridgehead atoms. The van der Waals surface area contributed by atoms with Crippen molar-refractivity contribution in [3.63, 3.8) is 0 Å². The van der Waals surface area contributed by atoms with Crippen LogP contribution < -0.4 is 5.14 Å². The molecule has 0 spiro atoms. The number of benzene rings is 1. The Balaban J connectivity index is 2.61.